The average molecular weight is 544 g/mol. The van der Waals surface area contributed by atoms with Crippen molar-refractivity contribution in [1.29, 1.82) is 0 Å². The number of hydrogen-bond donors (Lipinski definition) is 1. The van der Waals surface area contributed by atoms with Gasteiger partial charge in [-0.1, -0.05) is 12.1 Å². The lowest BCUT2D eigenvalue weighted by Gasteiger charge is -2.28. The minimum absolute atomic E-state index is 0.0909. The van der Waals surface area contributed by atoms with Gasteiger partial charge in [-0.3, -0.25) is 14.1 Å². The first kappa shape index (κ1) is 26.1. The maximum atomic E-state index is 13.5. The quantitative estimate of drug-likeness (QED) is 0.379. The Kier molecular flexibility index (Phi) is 7.58. The van der Waals surface area contributed by atoms with Crippen LogP contribution in [0.15, 0.2) is 53.4 Å². The number of hydrogen-bond acceptors (Lipinski definition) is 9. The van der Waals surface area contributed by atoms with Crippen LogP contribution in [-0.4, -0.2) is 77.6 Å². The Hall–Kier alpha value is -3.55. The molecule has 0 aliphatic carbocycles. The molecule has 0 radical (unpaired) electrons. The lowest BCUT2D eigenvalue weighted by molar-refractivity contribution is 0.00708. The third-order valence-electron chi connectivity index (χ3n) is 6.05. The zero-order valence-electron chi connectivity index (χ0n) is 20.3. The van der Waals surface area contributed by atoms with E-state index in [1.807, 2.05) is 0 Å². The van der Waals surface area contributed by atoms with Crippen molar-refractivity contribution in [2.24, 2.45) is 0 Å². The van der Waals surface area contributed by atoms with Crippen molar-refractivity contribution in [2.45, 2.75) is 4.90 Å². The zero-order chi connectivity index (χ0) is 26.7. The molecule has 0 bridgehead atoms. The summed E-state index contributed by atoms with van der Waals surface area (Å²) in [6.45, 7) is 2.76. The largest absolute Gasteiger partial charge is 0.487 e. The molecule has 200 valence electrons. The molecule has 2 amide bonds. The minimum atomic E-state index is -4.57. The van der Waals surface area contributed by atoms with Crippen LogP contribution >= 0.6 is 0 Å². The molecule has 0 unspecified atom stereocenters. The lowest BCUT2D eigenvalue weighted by atomic mass is 9.93. The number of benzene rings is 3. The molecule has 3 aromatic rings. The van der Waals surface area contributed by atoms with E-state index in [1.54, 1.807) is 12.1 Å². The summed E-state index contributed by atoms with van der Waals surface area (Å²) in [5, 5.41) is 0.261. The van der Waals surface area contributed by atoms with Crippen molar-refractivity contribution in [2.75, 3.05) is 57.8 Å². The van der Waals surface area contributed by atoms with Gasteiger partial charge in [0.05, 0.1) is 45.3 Å². The van der Waals surface area contributed by atoms with Crippen LogP contribution in [0.2, 0.25) is 0 Å². The van der Waals surface area contributed by atoms with E-state index in [1.165, 1.54) is 30.3 Å². The summed E-state index contributed by atoms with van der Waals surface area (Å²) in [6.07, 6.45) is 0. The van der Waals surface area contributed by atoms with E-state index in [2.05, 4.69) is 0 Å². The fourth-order valence-corrected chi connectivity index (χ4v) is 5.05. The molecule has 0 saturated heterocycles. The van der Waals surface area contributed by atoms with Crippen LogP contribution in [0.3, 0.4) is 0 Å². The van der Waals surface area contributed by atoms with E-state index < -0.39 is 21.9 Å². The smallest absolute Gasteiger partial charge is 0.295 e. The van der Waals surface area contributed by atoms with Gasteiger partial charge in [0.25, 0.3) is 21.9 Å². The molecule has 11 nitrogen and oxygen atoms in total. The van der Waals surface area contributed by atoms with Crippen LogP contribution in [0.5, 0.6) is 11.5 Å². The molecule has 2 aliphatic heterocycles. The van der Waals surface area contributed by atoms with Crippen molar-refractivity contribution in [1.82, 2.24) is 0 Å². The molecule has 0 spiro atoms. The van der Waals surface area contributed by atoms with Gasteiger partial charge < -0.3 is 23.7 Å². The summed E-state index contributed by atoms with van der Waals surface area (Å²) in [7, 11) is -4.57. The molecular weight excluding hydrogens is 518 g/mol. The van der Waals surface area contributed by atoms with E-state index in [-0.39, 0.29) is 52.3 Å². The fraction of sp³-hybridized carbons (Fsp3) is 0.308. The molecule has 0 aromatic heterocycles. The van der Waals surface area contributed by atoms with Crippen molar-refractivity contribution >= 4 is 38.4 Å². The Morgan fingerprint density at radius 3 is 1.89 bits per heavy atom. The van der Waals surface area contributed by atoms with E-state index in [9.17, 15) is 22.6 Å². The number of amides is 2. The minimum Gasteiger partial charge on any atom is -0.487 e. The number of nitrogens with zero attached hydrogens (tertiary/aromatic N) is 1. The molecule has 0 saturated carbocycles. The number of carbonyl (C=O) groups excluding carboxylic acids is 2. The van der Waals surface area contributed by atoms with E-state index >= 15 is 0 Å². The Morgan fingerprint density at radius 2 is 1.26 bits per heavy atom. The molecular formula is C26H25NO10S. The highest BCUT2D eigenvalue weighted by molar-refractivity contribution is 7.86. The summed E-state index contributed by atoms with van der Waals surface area (Å²) < 4.78 is 61.5. The van der Waals surface area contributed by atoms with Gasteiger partial charge >= 0.3 is 0 Å². The second-order valence-corrected chi connectivity index (χ2v) is 9.82. The molecule has 0 fully saturated rings. The normalized spacial score (nSPS) is 17.7. The number of anilines is 1. The second kappa shape index (κ2) is 11.1. The van der Waals surface area contributed by atoms with Gasteiger partial charge in [-0.2, -0.15) is 8.42 Å². The lowest BCUT2D eigenvalue weighted by Crippen LogP contribution is -2.40. The van der Waals surface area contributed by atoms with Crippen molar-refractivity contribution in [3.05, 3.63) is 59.7 Å². The van der Waals surface area contributed by atoms with Gasteiger partial charge in [0.1, 0.15) is 18.1 Å². The number of fused-ring (bicyclic) bond motifs is 1. The first-order chi connectivity index (χ1) is 18.4. The van der Waals surface area contributed by atoms with Crippen LogP contribution in [0.25, 0.3) is 10.8 Å². The number of ether oxygens (including phenoxy) is 5. The SMILES string of the molecule is O=C1c2cccc3c(S(=O)(=O)O)ccc(c23)C(=O)N1c1ccc2c(c1)OCCOCCOCCOCCO2. The van der Waals surface area contributed by atoms with Crippen LogP contribution in [0.4, 0.5) is 5.69 Å². The Labute approximate surface area is 218 Å². The predicted molar refractivity (Wildman–Crippen MR) is 135 cm³/mol. The Balaban J connectivity index is 1.49. The van der Waals surface area contributed by atoms with Crippen LogP contribution in [0.1, 0.15) is 20.7 Å². The van der Waals surface area contributed by atoms with Crippen LogP contribution < -0.4 is 14.4 Å². The van der Waals surface area contributed by atoms with Gasteiger partial charge in [0, 0.05) is 28.0 Å². The van der Waals surface area contributed by atoms with Gasteiger partial charge in [-0.15, -0.1) is 0 Å². The predicted octanol–water partition coefficient (Wildman–Crippen LogP) is 2.71. The standard InChI is InChI=1S/C26H25NO10S/c28-25-19-3-1-2-18-23(38(30,31)32)7-5-20(24(18)19)26(29)27(25)17-4-6-21-22(16-17)37-15-13-35-11-9-33-8-10-34-12-14-36-21/h1-7,16H,8-15H2,(H,30,31,32). The first-order valence-electron chi connectivity index (χ1n) is 11.9. The van der Waals surface area contributed by atoms with Gasteiger partial charge in [-0.25, -0.2) is 4.90 Å². The van der Waals surface area contributed by atoms with Crippen LogP contribution in [0, 0.1) is 0 Å². The van der Waals surface area contributed by atoms with Gasteiger partial charge in [0.15, 0.2) is 11.5 Å². The summed E-state index contributed by atoms with van der Waals surface area (Å²) in [5.41, 5.74) is 0.500. The Bertz CT molecular complexity index is 1460. The molecule has 5 rings (SSSR count). The summed E-state index contributed by atoms with van der Waals surface area (Å²) in [6, 6.07) is 11.6. The van der Waals surface area contributed by atoms with E-state index in [0.29, 0.717) is 44.5 Å². The van der Waals surface area contributed by atoms with Gasteiger partial charge in [-0.05, 0) is 30.3 Å². The topological polar surface area (TPSA) is 138 Å². The molecule has 3 aromatic carbocycles. The maximum absolute atomic E-state index is 13.5. The number of imide groups is 1. The highest BCUT2D eigenvalue weighted by Gasteiger charge is 2.35. The third-order valence-corrected chi connectivity index (χ3v) is 6.96. The molecule has 12 heteroatoms. The molecule has 38 heavy (non-hydrogen) atoms. The highest BCUT2D eigenvalue weighted by atomic mass is 32.2. The third kappa shape index (κ3) is 5.22. The summed E-state index contributed by atoms with van der Waals surface area (Å²) in [5.74, 6) is -0.574. The van der Waals surface area contributed by atoms with Gasteiger partial charge in [0.2, 0.25) is 0 Å². The molecule has 2 aliphatic rings. The van der Waals surface area contributed by atoms with Crippen LogP contribution in [-0.2, 0) is 24.3 Å². The fourth-order valence-electron chi connectivity index (χ4n) is 4.36. The van der Waals surface area contributed by atoms with Crippen molar-refractivity contribution < 1.29 is 46.2 Å². The second-order valence-electron chi connectivity index (χ2n) is 8.43. The molecule has 2 heterocycles. The zero-order valence-corrected chi connectivity index (χ0v) is 21.1. The van der Waals surface area contributed by atoms with E-state index in [0.717, 1.165) is 11.0 Å². The Morgan fingerprint density at radius 1 is 0.684 bits per heavy atom. The maximum Gasteiger partial charge on any atom is 0.295 e. The van der Waals surface area contributed by atoms with E-state index in [4.69, 9.17) is 23.7 Å². The van der Waals surface area contributed by atoms with Crippen molar-refractivity contribution in [3.63, 3.8) is 0 Å². The number of rotatable bonds is 2. The molecule has 0 atom stereocenters. The highest BCUT2D eigenvalue weighted by Crippen LogP contribution is 2.38. The molecule has 1 N–H and O–H groups in total. The number of carbonyl (C=O) groups is 2. The first-order valence-corrected chi connectivity index (χ1v) is 13.3. The summed E-state index contributed by atoms with van der Waals surface area (Å²) in [4.78, 5) is 27.7. The monoisotopic (exact) mass is 543 g/mol. The van der Waals surface area contributed by atoms with Crippen molar-refractivity contribution in [3.8, 4) is 11.5 Å². The average Bonchev–Trinajstić information content (AvgIpc) is 2.90. The summed E-state index contributed by atoms with van der Waals surface area (Å²) >= 11 is 0.